The molecule has 1 aliphatic carbocycles. The molecular weight excluding hydrogens is 208 g/mol. The molecule has 0 aromatic carbocycles. The zero-order valence-electron chi connectivity index (χ0n) is 11.8. The highest BCUT2D eigenvalue weighted by Crippen LogP contribution is 2.28. The topological polar surface area (TPSA) is 15.3 Å². The van der Waals surface area contributed by atoms with Crippen LogP contribution in [0.3, 0.4) is 0 Å². The zero-order valence-corrected chi connectivity index (χ0v) is 11.8. The Morgan fingerprint density at radius 2 is 1.82 bits per heavy atom. The molecule has 0 radical (unpaired) electrons. The number of nitrogens with one attached hydrogen (secondary N) is 1. The molecule has 2 nitrogen and oxygen atoms in total. The van der Waals surface area contributed by atoms with Gasteiger partial charge in [-0.1, -0.05) is 19.8 Å². The molecule has 1 N–H and O–H groups in total. The molecule has 0 bridgehead atoms. The third kappa shape index (κ3) is 3.96. The quantitative estimate of drug-likeness (QED) is 0.810. The number of nitrogens with zero attached hydrogens (tertiary/aromatic N) is 1. The largest absolute Gasteiger partial charge is 0.311 e. The van der Waals surface area contributed by atoms with Crippen molar-refractivity contribution in [3.8, 4) is 0 Å². The summed E-state index contributed by atoms with van der Waals surface area (Å²) in [5, 5.41) is 3.92. The van der Waals surface area contributed by atoms with E-state index < -0.39 is 0 Å². The summed E-state index contributed by atoms with van der Waals surface area (Å²) in [5.41, 5.74) is 0. The van der Waals surface area contributed by atoms with Crippen LogP contribution < -0.4 is 5.32 Å². The molecule has 2 rings (SSSR count). The SMILES string of the molecule is CCN1CCCC(N[C@H](C)C2CCCC2)CC1. The standard InChI is InChI=1S/C15H30N2/c1-3-17-11-6-9-15(10-12-17)16-13(2)14-7-4-5-8-14/h13-16H,3-12H2,1-2H3/t13-,15?/m1/s1. The third-order valence-electron chi connectivity index (χ3n) is 4.87. The minimum atomic E-state index is 0.746. The Bertz CT molecular complexity index is 211. The van der Waals surface area contributed by atoms with Gasteiger partial charge in [0.1, 0.15) is 0 Å². The van der Waals surface area contributed by atoms with Crippen LogP contribution in [-0.2, 0) is 0 Å². The van der Waals surface area contributed by atoms with Gasteiger partial charge in [0.25, 0.3) is 0 Å². The summed E-state index contributed by atoms with van der Waals surface area (Å²) in [6.45, 7) is 8.54. The van der Waals surface area contributed by atoms with E-state index in [0.29, 0.717) is 0 Å². The second-order valence-electron chi connectivity index (χ2n) is 6.06. The van der Waals surface area contributed by atoms with E-state index in [9.17, 15) is 0 Å². The maximum Gasteiger partial charge on any atom is 0.00823 e. The maximum absolute atomic E-state index is 3.92. The van der Waals surface area contributed by atoms with Crippen molar-refractivity contribution in [2.75, 3.05) is 19.6 Å². The molecule has 1 saturated heterocycles. The van der Waals surface area contributed by atoms with Gasteiger partial charge in [-0.05, 0) is 64.6 Å². The smallest absolute Gasteiger partial charge is 0.00823 e. The predicted molar refractivity (Wildman–Crippen MR) is 74.3 cm³/mol. The zero-order chi connectivity index (χ0) is 12.1. The van der Waals surface area contributed by atoms with Gasteiger partial charge in [-0.15, -0.1) is 0 Å². The first kappa shape index (κ1) is 13.4. The van der Waals surface area contributed by atoms with E-state index in [2.05, 4.69) is 24.1 Å². The Kier molecular flexibility index (Phi) is 5.30. The Morgan fingerprint density at radius 3 is 2.53 bits per heavy atom. The highest BCUT2D eigenvalue weighted by molar-refractivity contribution is 4.82. The van der Waals surface area contributed by atoms with Crippen molar-refractivity contribution < 1.29 is 0 Å². The van der Waals surface area contributed by atoms with Gasteiger partial charge in [0, 0.05) is 12.1 Å². The molecule has 17 heavy (non-hydrogen) atoms. The van der Waals surface area contributed by atoms with Crippen LogP contribution in [0.1, 0.15) is 58.8 Å². The lowest BCUT2D eigenvalue weighted by molar-refractivity contribution is 0.288. The molecule has 0 spiro atoms. The summed E-state index contributed by atoms with van der Waals surface area (Å²) < 4.78 is 0. The number of hydrogen-bond donors (Lipinski definition) is 1. The average Bonchev–Trinajstić information content (AvgIpc) is 2.78. The molecule has 2 atom stereocenters. The molecule has 1 aliphatic heterocycles. The van der Waals surface area contributed by atoms with Crippen molar-refractivity contribution in [2.45, 2.75) is 70.9 Å². The van der Waals surface area contributed by atoms with E-state index in [1.54, 1.807) is 0 Å². The Balaban J connectivity index is 1.74. The molecule has 0 amide bonds. The highest BCUT2D eigenvalue weighted by atomic mass is 15.1. The van der Waals surface area contributed by atoms with Gasteiger partial charge in [0.05, 0.1) is 0 Å². The summed E-state index contributed by atoms with van der Waals surface area (Å²) >= 11 is 0. The maximum atomic E-state index is 3.92. The predicted octanol–water partition coefficient (Wildman–Crippen LogP) is 3.03. The van der Waals surface area contributed by atoms with Gasteiger partial charge in [0.2, 0.25) is 0 Å². The van der Waals surface area contributed by atoms with Crippen molar-refractivity contribution in [1.29, 1.82) is 0 Å². The second kappa shape index (κ2) is 6.75. The van der Waals surface area contributed by atoms with Crippen molar-refractivity contribution >= 4 is 0 Å². The van der Waals surface area contributed by atoms with Gasteiger partial charge in [-0.2, -0.15) is 0 Å². The van der Waals surface area contributed by atoms with Crippen molar-refractivity contribution in [3.05, 3.63) is 0 Å². The third-order valence-corrected chi connectivity index (χ3v) is 4.87. The molecule has 1 saturated carbocycles. The Hall–Kier alpha value is -0.0800. The Morgan fingerprint density at radius 1 is 1.06 bits per heavy atom. The van der Waals surface area contributed by atoms with E-state index in [1.165, 1.54) is 64.6 Å². The summed E-state index contributed by atoms with van der Waals surface area (Å²) in [5.74, 6) is 0.959. The van der Waals surface area contributed by atoms with Gasteiger partial charge in [0.15, 0.2) is 0 Å². The fourth-order valence-electron chi connectivity index (χ4n) is 3.60. The molecule has 1 heterocycles. The van der Waals surface area contributed by atoms with Crippen molar-refractivity contribution in [1.82, 2.24) is 10.2 Å². The lowest BCUT2D eigenvalue weighted by Gasteiger charge is -2.26. The molecule has 2 fully saturated rings. The second-order valence-corrected chi connectivity index (χ2v) is 6.06. The molecular formula is C15H30N2. The van der Waals surface area contributed by atoms with Crippen LogP contribution in [0.15, 0.2) is 0 Å². The summed E-state index contributed by atoms with van der Waals surface area (Å²) in [7, 11) is 0. The summed E-state index contributed by atoms with van der Waals surface area (Å²) in [6.07, 6.45) is 9.96. The number of likely N-dealkylation sites (tertiary alicyclic amines) is 1. The normalized spacial score (nSPS) is 30.4. The van der Waals surface area contributed by atoms with Crippen LogP contribution in [0.2, 0.25) is 0 Å². The monoisotopic (exact) mass is 238 g/mol. The van der Waals surface area contributed by atoms with Crippen molar-refractivity contribution in [2.24, 2.45) is 5.92 Å². The molecule has 100 valence electrons. The van der Waals surface area contributed by atoms with Gasteiger partial charge in [-0.3, -0.25) is 0 Å². The van der Waals surface area contributed by atoms with Crippen LogP contribution in [0.5, 0.6) is 0 Å². The van der Waals surface area contributed by atoms with Gasteiger partial charge < -0.3 is 10.2 Å². The fraction of sp³-hybridized carbons (Fsp3) is 1.00. The Labute approximate surface area is 107 Å². The molecule has 0 aromatic heterocycles. The van der Waals surface area contributed by atoms with Crippen LogP contribution in [-0.4, -0.2) is 36.6 Å². The fourth-order valence-corrected chi connectivity index (χ4v) is 3.60. The van der Waals surface area contributed by atoms with E-state index >= 15 is 0 Å². The van der Waals surface area contributed by atoms with Crippen LogP contribution >= 0.6 is 0 Å². The van der Waals surface area contributed by atoms with Crippen LogP contribution in [0.25, 0.3) is 0 Å². The average molecular weight is 238 g/mol. The molecule has 1 unspecified atom stereocenters. The lowest BCUT2D eigenvalue weighted by Crippen LogP contribution is -2.40. The van der Waals surface area contributed by atoms with Crippen LogP contribution in [0.4, 0.5) is 0 Å². The lowest BCUT2D eigenvalue weighted by atomic mass is 9.97. The molecule has 0 aromatic rings. The number of hydrogen-bond acceptors (Lipinski definition) is 2. The first-order valence-electron chi connectivity index (χ1n) is 7.78. The first-order chi connectivity index (χ1) is 8.29. The van der Waals surface area contributed by atoms with E-state index in [4.69, 9.17) is 0 Å². The van der Waals surface area contributed by atoms with Crippen LogP contribution in [0, 0.1) is 5.92 Å². The number of rotatable bonds is 4. The highest BCUT2D eigenvalue weighted by Gasteiger charge is 2.24. The molecule has 2 aliphatic rings. The summed E-state index contributed by atoms with van der Waals surface area (Å²) in [6, 6.07) is 1.53. The van der Waals surface area contributed by atoms with Gasteiger partial charge in [-0.25, -0.2) is 0 Å². The minimum absolute atomic E-state index is 0.746. The molecule has 2 heteroatoms. The first-order valence-corrected chi connectivity index (χ1v) is 7.78. The van der Waals surface area contributed by atoms with Crippen molar-refractivity contribution in [3.63, 3.8) is 0 Å². The summed E-state index contributed by atoms with van der Waals surface area (Å²) in [4.78, 5) is 2.60. The van der Waals surface area contributed by atoms with Gasteiger partial charge >= 0.3 is 0 Å². The van der Waals surface area contributed by atoms with E-state index in [-0.39, 0.29) is 0 Å². The van der Waals surface area contributed by atoms with E-state index in [0.717, 1.165) is 18.0 Å². The minimum Gasteiger partial charge on any atom is -0.311 e. The van der Waals surface area contributed by atoms with E-state index in [1.807, 2.05) is 0 Å².